The first kappa shape index (κ1) is 21.4. The Morgan fingerprint density at radius 2 is 1.58 bits per heavy atom. The molecule has 2 saturated heterocycles. The summed E-state index contributed by atoms with van der Waals surface area (Å²) in [5.41, 5.74) is -3.20. The van der Waals surface area contributed by atoms with Crippen LogP contribution in [0.15, 0.2) is 0 Å². The van der Waals surface area contributed by atoms with Gasteiger partial charge in [0.05, 0.1) is 5.39 Å². The molecule has 31 heavy (non-hydrogen) atoms. The highest BCUT2D eigenvalue weighted by Crippen LogP contribution is 2.50. The minimum Gasteiger partial charge on any atom is -0.504 e. The Kier molecular flexibility index (Phi) is 4.71. The summed E-state index contributed by atoms with van der Waals surface area (Å²) in [6.45, 7) is 0. The van der Waals surface area contributed by atoms with E-state index < -0.39 is 57.3 Å². The number of piperidine rings is 2. The molecule has 1 aromatic carbocycles. The zero-order valence-electron chi connectivity index (χ0n) is 16.5. The number of carbonyl (C=O) groups is 1. The molecule has 0 aliphatic carbocycles. The summed E-state index contributed by atoms with van der Waals surface area (Å²) in [6.07, 6.45) is -0.611. The van der Waals surface area contributed by atoms with Crippen LogP contribution in [0, 0.1) is 0 Å². The lowest BCUT2D eigenvalue weighted by molar-refractivity contribution is -0.378. The molecule has 0 saturated carbocycles. The van der Waals surface area contributed by atoms with Crippen molar-refractivity contribution in [3.05, 3.63) is 5.69 Å². The summed E-state index contributed by atoms with van der Waals surface area (Å²) in [4.78, 5) is 15.1. The van der Waals surface area contributed by atoms with Gasteiger partial charge in [0.25, 0.3) is 5.91 Å². The van der Waals surface area contributed by atoms with Crippen molar-refractivity contribution in [1.29, 1.82) is 0 Å². The topological polar surface area (TPSA) is 212 Å². The van der Waals surface area contributed by atoms with E-state index in [1.54, 1.807) is 0 Å². The fourth-order valence-electron chi connectivity index (χ4n) is 4.71. The number of benzene rings is 1. The number of aromatic nitrogens is 2. The molecule has 2 aliphatic rings. The maximum Gasteiger partial charge on any atom is 0.389 e. The molecular weight excluding hydrogens is 416 g/mol. The van der Waals surface area contributed by atoms with Gasteiger partial charge in [0.1, 0.15) is 11.2 Å². The van der Waals surface area contributed by atoms with Gasteiger partial charge in [0.2, 0.25) is 11.5 Å². The van der Waals surface area contributed by atoms with E-state index >= 15 is 0 Å². The molecule has 2 aromatic rings. The smallest absolute Gasteiger partial charge is 0.389 e. The maximum atomic E-state index is 13.0. The zero-order valence-corrected chi connectivity index (χ0v) is 16.5. The molecule has 13 nitrogen and oxygen atoms in total. The number of aromatic hydroxyl groups is 4. The Morgan fingerprint density at radius 3 is 2.13 bits per heavy atom. The SMILES string of the molecule is CN1C2CCCC1CC(O)(NC(=O)c1nn(C(O)(O)O)c3c(O)c(O)c(O)c(O)c13)C2. The van der Waals surface area contributed by atoms with E-state index in [-0.39, 0.29) is 29.6 Å². The van der Waals surface area contributed by atoms with Crippen LogP contribution < -0.4 is 5.32 Å². The molecule has 1 aromatic heterocycles. The normalized spacial score (nSPS) is 26.9. The molecule has 2 bridgehead atoms. The second-order valence-corrected chi connectivity index (χ2v) is 8.28. The summed E-state index contributed by atoms with van der Waals surface area (Å²) in [7, 11) is 1.95. The van der Waals surface area contributed by atoms with E-state index in [9.17, 15) is 45.6 Å². The van der Waals surface area contributed by atoms with Crippen molar-refractivity contribution in [2.24, 2.45) is 0 Å². The lowest BCUT2D eigenvalue weighted by atomic mass is 9.80. The first-order valence-electron chi connectivity index (χ1n) is 9.67. The number of hydrogen-bond donors (Lipinski definition) is 9. The zero-order chi connectivity index (χ0) is 22.9. The van der Waals surface area contributed by atoms with Gasteiger partial charge in [-0.3, -0.25) is 4.79 Å². The maximum absolute atomic E-state index is 13.0. The predicted octanol–water partition coefficient (Wildman–Crippen LogP) is -1.53. The van der Waals surface area contributed by atoms with Crippen LogP contribution in [0.25, 0.3) is 10.9 Å². The standard InChI is InChI=1S/C18H24N4O9/c1-21-7-3-2-4-8(21)6-17(28,5-7)19-16(27)10-9-11(22(20-10)18(29,30)31)13(24)15(26)14(25)12(9)23/h7-8,23-26,28-31H,2-6H2,1H3,(H,19,27). The van der Waals surface area contributed by atoms with Crippen molar-refractivity contribution < 1.29 is 45.6 Å². The molecule has 2 unspecified atom stereocenters. The van der Waals surface area contributed by atoms with Gasteiger partial charge in [-0.15, -0.1) is 0 Å². The number of phenols is 4. The third kappa shape index (κ3) is 3.30. The number of hydrogen-bond acceptors (Lipinski definition) is 11. The first-order valence-corrected chi connectivity index (χ1v) is 9.67. The fourth-order valence-corrected chi connectivity index (χ4v) is 4.71. The van der Waals surface area contributed by atoms with Crippen LogP contribution in [0.2, 0.25) is 0 Å². The Bertz CT molecular complexity index is 1050. The van der Waals surface area contributed by atoms with E-state index in [0.717, 1.165) is 19.3 Å². The van der Waals surface area contributed by atoms with Crippen LogP contribution in [0.1, 0.15) is 42.6 Å². The molecule has 9 N–H and O–H groups in total. The Hall–Kier alpha value is -2.84. The largest absolute Gasteiger partial charge is 0.504 e. The van der Waals surface area contributed by atoms with Crippen LogP contribution in [0.4, 0.5) is 0 Å². The molecule has 2 fully saturated rings. The van der Waals surface area contributed by atoms with Crippen LogP contribution >= 0.6 is 0 Å². The predicted molar refractivity (Wildman–Crippen MR) is 102 cm³/mol. The van der Waals surface area contributed by atoms with E-state index in [2.05, 4.69) is 15.3 Å². The number of carbonyl (C=O) groups excluding carboxylic acids is 1. The third-order valence-corrected chi connectivity index (χ3v) is 6.24. The van der Waals surface area contributed by atoms with Crippen LogP contribution in [-0.2, 0) is 6.10 Å². The summed E-state index contributed by atoms with van der Waals surface area (Å²) < 4.78 is -0.0289. The van der Waals surface area contributed by atoms with Gasteiger partial charge >= 0.3 is 6.10 Å². The van der Waals surface area contributed by atoms with Crippen molar-refractivity contribution in [2.45, 2.75) is 56.0 Å². The highest BCUT2D eigenvalue weighted by Gasteiger charge is 2.46. The van der Waals surface area contributed by atoms with Crippen LogP contribution in [0.5, 0.6) is 23.0 Å². The van der Waals surface area contributed by atoms with Crippen molar-refractivity contribution in [3.63, 3.8) is 0 Å². The number of nitrogens with one attached hydrogen (secondary N) is 1. The molecular formula is C18H24N4O9. The van der Waals surface area contributed by atoms with E-state index in [0.29, 0.717) is 0 Å². The minimum absolute atomic E-state index is 0.0289. The second kappa shape index (κ2) is 6.83. The summed E-state index contributed by atoms with van der Waals surface area (Å²) in [5, 5.41) is 85.0. The van der Waals surface area contributed by atoms with Gasteiger partial charge in [0.15, 0.2) is 17.2 Å². The lowest BCUT2D eigenvalue weighted by Gasteiger charge is -2.50. The van der Waals surface area contributed by atoms with Crippen molar-refractivity contribution in [3.8, 4) is 23.0 Å². The van der Waals surface area contributed by atoms with Crippen molar-refractivity contribution >= 4 is 16.8 Å². The number of amides is 1. The second-order valence-electron chi connectivity index (χ2n) is 8.28. The van der Waals surface area contributed by atoms with Gasteiger partial charge in [-0.25, -0.2) is 0 Å². The quantitative estimate of drug-likeness (QED) is 0.152. The molecule has 13 heteroatoms. The number of nitrogens with zero attached hydrogens (tertiary/aromatic N) is 3. The molecule has 3 heterocycles. The van der Waals surface area contributed by atoms with Crippen molar-refractivity contribution in [1.82, 2.24) is 20.0 Å². The number of rotatable bonds is 3. The third-order valence-electron chi connectivity index (χ3n) is 6.24. The number of aliphatic hydroxyl groups is 4. The molecule has 0 spiro atoms. The summed E-state index contributed by atoms with van der Waals surface area (Å²) in [5.74, 6) is -5.77. The molecule has 170 valence electrons. The molecule has 4 rings (SSSR count). The Labute approximate surface area is 175 Å². The van der Waals surface area contributed by atoms with E-state index in [1.807, 2.05) is 7.05 Å². The van der Waals surface area contributed by atoms with E-state index in [4.69, 9.17) is 0 Å². The van der Waals surface area contributed by atoms with E-state index in [1.165, 1.54) is 0 Å². The molecule has 2 atom stereocenters. The van der Waals surface area contributed by atoms with Crippen LogP contribution in [0.3, 0.4) is 0 Å². The fraction of sp³-hybridized carbons (Fsp3) is 0.556. The average molecular weight is 440 g/mol. The molecule has 1 amide bonds. The van der Waals surface area contributed by atoms with Gasteiger partial charge in [-0.1, -0.05) is 6.42 Å². The summed E-state index contributed by atoms with van der Waals surface area (Å²) in [6, 6.07) is 0.0658. The van der Waals surface area contributed by atoms with Crippen LogP contribution in [-0.4, -0.2) is 86.3 Å². The highest BCUT2D eigenvalue weighted by molar-refractivity contribution is 6.10. The van der Waals surface area contributed by atoms with Gasteiger partial charge in [-0.05, 0) is 19.9 Å². The number of fused-ring (bicyclic) bond motifs is 3. The first-order chi connectivity index (χ1) is 14.3. The highest BCUT2D eigenvalue weighted by atomic mass is 16.7. The number of phenolic OH excluding ortho intramolecular Hbond substituents is 4. The molecule has 2 aliphatic heterocycles. The minimum atomic E-state index is -3.73. The van der Waals surface area contributed by atoms with Gasteiger partial charge in [-0.2, -0.15) is 9.78 Å². The monoisotopic (exact) mass is 440 g/mol. The molecule has 0 radical (unpaired) electrons. The lowest BCUT2D eigenvalue weighted by Crippen LogP contribution is -2.62. The van der Waals surface area contributed by atoms with Crippen molar-refractivity contribution in [2.75, 3.05) is 7.05 Å². The Morgan fingerprint density at radius 1 is 1.03 bits per heavy atom. The van der Waals surface area contributed by atoms with Gasteiger partial charge in [0, 0.05) is 24.9 Å². The summed E-state index contributed by atoms with van der Waals surface area (Å²) >= 11 is 0. The average Bonchev–Trinajstić information content (AvgIpc) is 3.07. The van der Waals surface area contributed by atoms with Gasteiger partial charge < -0.3 is 51.1 Å². The Balaban J connectivity index is 1.78.